The molecule has 17 heavy (non-hydrogen) atoms. The molecule has 92 valence electrons. The van der Waals surface area contributed by atoms with E-state index in [0.29, 0.717) is 16.9 Å². The molecular weight excluding hydrogens is 238 g/mol. The van der Waals surface area contributed by atoms with Crippen molar-refractivity contribution in [1.82, 2.24) is 0 Å². The Labute approximate surface area is 106 Å². The Morgan fingerprint density at radius 1 is 1.35 bits per heavy atom. The van der Waals surface area contributed by atoms with Gasteiger partial charge in [0.05, 0.1) is 13.2 Å². The molecular formula is C13H16ClNO2. The molecule has 0 amide bonds. The number of nitrogens with two attached hydrogens (primary N) is 1. The highest BCUT2D eigenvalue weighted by Gasteiger charge is 2.44. The maximum Gasteiger partial charge on any atom is 0.166 e. The fourth-order valence-electron chi connectivity index (χ4n) is 1.97. The van der Waals surface area contributed by atoms with E-state index in [1.54, 1.807) is 13.2 Å². The van der Waals surface area contributed by atoms with E-state index in [4.69, 9.17) is 26.8 Å². The minimum atomic E-state index is -0.262. The Balaban J connectivity index is 2.05. The summed E-state index contributed by atoms with van der Waals surface area (Å²) in [5.41, 5.74) is 7.00. The van der Waals surface area contributed by atoms with Crippen LogP contribution in [-0.2, 0) is 5.54 Å². The minimum absolute atomic E-state index is 0.262. The molecule has 2 saturated carbocycles. The Hall–Kier alpha value is -0.930. The van der Waals surface area contributed by atoms with Gasteiger partial charge in [-0.15, -0.1) is 0 Å². The zero-order chi connectivity index (χ0) is 12.0. The largest absolute Gasteiger partial charge is 0.493 e. The lowest BCUT2D eigenvalue weighted by Crippen LogP contribution is -2.20. The van der Waals surface area contributed by atoms with E-state index in [0.717, 1.165) is 37.0 Å². The Morgan fingerprint density at radius 3 is 2.59 bits per heavy atom. The van der Waals surface area contributed by atoms with Crippen LogP contribution in [0, 0.1) is 0 Å². The summed E-state index contributed by atoms with van der Waals surface area (Å²) in [5.74, 6) is 1.48. The second-order valence-corrected chi connectivity index (χ2v) is 5.39. The molecule has 2 aliphatic rings. The van der Waals surface area contributed by atoms with Crippen molar-refractivity contribution in [2.45, 2.75) is 37.3 Å². The third-order valence-corrected chi connectivity index (χ3v) is 3.59. The molecule has 0 atom stereocenters. The van der Waals surface area contributed by atoms with Crippen molar-refractivity contribution in [2.75, 3.05) is 7.11 Å². The predicted octanol–water partition coefficient (Wildman–Crippen LogP) is 2.84. The summed E-state index contributed by atoms with van der Waals surface area (Å²) in [6.07, 6.45) is 4.52. The summed E-state index contributed by atoms with van der Waals surface area (Å²) < 4.78 is 11.3. The quantitative estimate of drug-likeness (QED) is 0.897. The van der Waals surface area contributed by atoms with E-state index in [1.807, 2.05) is 6.07 Å². The smallest absolute Gasteiger partial charge is 0.166 e. The van der Waals surface area contributed by atoms with E-state index < -0.39 is 0 Å². The van der Waals surface area contributed by atoms with Gasteiger partial charge in [-0.05, 0) is 31.7 Å². The topological polar surface area (TPSA) is 44.5 Å². The number of rotatable bonds is 4. The monoisotopic (exact) mass is 253 g/mol. The van der Waals surface area contributed by atoms with Gasteiger partial charge in [0.25, 0.3) is 0 Å². The first-order valence-corrected chi connectivity index (χ1v) is 6.34. The second kappa shape index (κ2) is 3.79. The SMILES string of the molecule is COc1cc(Cl)cc(C2(N)CC2)c1OC1CC1. The average Bonchev–Trinajstić information content (AvgIpc) is 3.19. The third kappa shape index (κ3) is 2.09. The van der Waals surface area contributed by atoms with Crippen LogP contribution in [0.5, 0.6) is 11.5 Å². The summed E-state index contributed by atoms with van der Waals surface area (Å²) in [7, 11) is 1.63. The van der Waals surface area contributed by atoms with Crippen molar-refractivity contribution in [2.24, 2.45) is 5.73 Å². The van der Waals surface area contributed by atoms with E-state index in [2.05, 4.69) is 0 Å². The van der Waals surface area contributed by atoms with Gasteiger partial charge in [0, 0.05) is 22.2 Å². The Morgan fingerprint density at radius 2 is 2.06 bits per heavy atom. The molecule has 0 saturated heterocycles. The number of ether oxygens (including phenoxy) is 2. The molecule has 0 aliphatic heterocycles. The van der Waals surface area contributed by atoms with Crippen molar-refractivity contribution in [3.8, 4) is 11.5 Å². The molecule has 0 unspecified atom stereocenters. The molecule has 1 aromatic rings. The highest BCUT2D eigenvalue weighted by Crippen LogP contribution is 2.51. The normalized spacial score (nSPS) is 21.1. The molecule has 0 radical (unpaired) electrons. The van der Waals surface area contributed by atoms with Gasteiger partial charge in [-0.25, -0.2) is 0 Å². The maximum atomic E-state index is 6.26. The van der Waals surface area contributed by atoms with E-state index >= 15 is 0 Å². The van der Waals surface area contributed by atoms with Crippen molar-refractivity contribution in [3.63, 3.8) is 0 Å². The summed E-state index contributed by atoms with van der Waals surface area (Å²) in [6.45, 7) is 0. The maximum absolute atomic E-state index is 6.26. The molecule has 0 spiro atoms. The summed E-state index contributed by atoms with van der Waals surface area (Å²) >= 11 is 6.10. The van der Waals surface area contributed by atoms with Gasteiger partial charge in [-0.3, -0.25) is 0 Å². The predicted molar refractivity (Wildman–Crippen MR) is 66.8 cm³/mol. The van der Waals surface area contributed by atoms with Crippen LogP contribution < -0.4 is 15.2 Å². The molecule has 1 aromatic carbocycles. The van der Waals surface area contributed by atoms with Crippen LogP contribution in [0.3, 0.4) is 0 Å². The molecule has 4 heteroatoms. The molecule has 0 bridgehead atoms. The van der Waals surface area contributed by atoms with Crippen LogP contribution in [0.1, 0.15) is 31.2 Å². The first kappa shape index (κ1) is 11.2. The van der Waals surface area contributed by atoms with Crippen molar-refractivity contribution in [1.29, 1.82) is 0 Å². The molecule has 0 aromatic heterocycles. The Bertz CT molecular complexity index is 453. The van der Waals surface area contributed by atoms with E-state index in [9.17, 15) is 0 Å². The van der Waals surface area contributed by atoms with Crippen molar-refractivity contribution >= 4 is 11.6 Å². The highest BCUT2D eigenvalue weighted by molar-refractivity contribution is 6.30. The van der Waals surface area contributed by atoms with Gasteiger partial charge < -0.3 is 15.2 Å². The standard InChI is InChI=1S/C13H16ClNO2/c1-16-11-7-8(14)6-10(13(15)4-5-13)12(11)17-9-2-3-9/h6-7,9H,2-5,15H2,1H3. The van der Waals surface area contributed by atoms with Crippen LogP contribution in [0.4, 0.5) is 0 Å². The molecule has 2 fully saturated rings. The summed E-state index contributed by atoms with van der Waals surface area (Å²) in [4.78, 5) is 0. The molecule has 0 heterocycles. The molecule has 3 rings (SSSR count). The van der Waals surface area contributed by atoms with Crippen molar-refractivity contribution in [3.05, 3.63) is 22.7 Å². The summed E-state index contributed by atoms with van der Waals surface area (Å²) in [5, 5.41) is 0.650. The van der Waals surface area contributed by atoms with Crippen LogP contribution >= 0.6 is 11.6 Å². The lowest BCUT2D eigenvalue weighted by molar-refractivity contribution is 0.276. The fourth-order valence-corrected chi connectivity index (χ4v) is 2.18. The zero-order valence-corrected chi connectivity index (χ0v) is 10.6. The number of benzene rings is 1. The van der Waals surface area contributed by atoms with Crippen LogP contribution in [0.25, 0.3) is 0 Å². The first-order chi connectivity index (χ1) is 8.12. The number of methoxy groups -OCH3 is 1. The number of hydrogen-bond acceptors (Lipinski definition) is 3. The van der Waals surface area contributed by atoms with Gasteiger partial charge >= 0.3 is 0 Å². The van der Waals surface area contributed by atoms with Gasteiger partial charge in [0.15, 0.2) is 11.5 Å². The van der Waals surface area contributed by atoms with Gasteiger partial charge in [0.2, 0.25) is 0 Å². The minimum Gasteiger partial charge on any atom is -0.493 e. The van der Waals surface area contributed by atoms with Gasteiger partial charge in [-0.2, -0.15) is 0 Å². The van der Waals surface area contributed by atoms with Gasteiger partial charge in [0.1, 0.15) is 0 Å². The summed E-state index contributed by atoms with van der Waals surface area (Å²) in [6, 6.07) is 3.70. The molecule has 2 N–H and O–H groups in total. The second-order valence-electron chi connectivity index (χ2n) is 4.96. The van der Waals surface area contributed by atoms with E-state index in [-0.39, 0.29) is 5.54 Å². The lowest BCUT2D eigenvalue weighted by atomic mass is 10.0. The average molecular weight is 254 g/mol. The van der Waals surface area contributed by atoms with E-state index in [1.165, 1.54) is 0 Å². The number of hydrogen-bond donors (Lipinski definition) is 1. The Kier molecular flexibility index (Phi) is 2.49. The lowest BCUT2D eigenvalue weighted by Gasteiger charge is -2.19. The van der Waals surface area contributed by atoms with Crippen LogP contribution in [0.2, 0.25) is 5.02 Å². The van der Waals surface area contributed by atoms with Crippen LogP contribution in [-0.4, -0.2) is 13.2 Å². The molecule has 2 aliphatic carbocycles. The molecule has 3 nitrogen and oxygen atoms in total. The van der Waals surface area contributed by atoms with Crippen molar-refractivity contribution < 1.29 is 9.47 Å². The van der Waals surface area contributed by atoms with Crippen LogP contribution in [0.15, 0.2) is 12.1 Å². The third-order valence-electron chi connectivity index (χ3n) is 3.37. The zero-order valence-electron chi connectivity index (χ0n) is 9.83. The highest BCUT2D eigenvalue weighted by atomic mass is 35.5. The number of halogens is 1. The fraction of sp³-hybridized carbons (Fsp3) is 0.538. The van der Waals surface area contributed by atoms with Gasteiger partial charge in [-0.1, -0.05) is 11.6 Å². The first-order valence-electron chi connectivity index (χ1n) is 5.96.